The molecule has 20 heavy (non-hydrogen) atoms. The van der Waals surface area contributed by atoms with Crippen molar-refractivity contribution in [2.45, 2.75) is 13.1 Å². The minimum absolute atomic E-state index is 0.169. The molecule has 10 heteroatoms. The molecule has 0 aliphatic rings. The summed E-state index contributed by atoms with van der Waals surface area (Å²) in [6, 6.07) is -0.271. The molecule has 0 saturated carbocycles. The van der Waals surface area contributed by atoms with Crippen LogP contribution in [-0.2, 0) is 6.18 Å². The van der Waals surface area contributed by atoms with Gasteiger partial charge >= 0.3 is 12.2 Å². The van der Waals surface area contributed by atoms with E-state index in [2.05, 4.69) is 15.2 Å². The second kappa shape index (κ2) is 4.79. The first kappa shape index (κ1) is 13.8. The van der Waals surface area contributed by atoms with Gasteiger partial charge in [-0.25, -0.2) is 9.78 Å². The molecular weight excluding hydrogens is 277 g/mol. The Morgan fingerprint density at radius 1 is 1.40 bits per heavy atom. The maximum Gasteiger partial charge on any atom is 0.420 e. The molecule has 106 valence electrons. The van der Waals surface area contributed by atoms with E-state index in [-0.39, 0.29) is 5.69 Å². The summed E-state index contributed by atoms with van der Waals surface area (Å²) in [5.41, 5.74) is 4.04. The highest BCUT2D eigenvalue weighted by Crippen LogP contribution is 2.34. The number of alkyl halides is 3. The van der Waals surface area contributed by atoms with Crippen molar-refractivity contribution in [1.29, 1.82) is 0 Å². The van der Waals surface area contributed by atoms with Crippen molar-refractivity contribution in [2.75, 3.05) is 5.32 Å². The van der Waals surface area contributed by atoms with Crippen LogP contribution in [0.25, 0.3) is 5.82 Å². The summed E-state index contributed by atoms with van der Waals surface area (Å²) in [5.74, 6) is -0.486. The number of nitrogens with two attached hydrogens (primary N) is 1. The van der Waals surface area contributed by atoms with E-state index in [0.717, 1.165) is 11.0 Å². The van der Waals surface area contributed by atoms with E-state index in [0.29, 0.717) is 11.8 Å². The van der Waals surface area contributed by atoms with E-state index >= 15 is 0 Å². The number of primary amides is 1. The first-order valence-electron chi connectivity index (χ1n) is 5.30. The number of nitrogens with zero attached hydrogens (tertiary/aromatic N) is 4. The van der Waals surface area contributed by atoms with Crippen LogP contribution in [0.2, 0.25) is 0 Å². The van der Waals surface area contributed by atoms with Crippen molar-refractivity contribution in [1.82, 2.24) is 20.0 Å². The van der Waals surface area contributed by atoms with E-state index in [1.54, 1.807) is 6.92 Å². The van der Waals surface area contributed by atoms with Crippen molar-refractivity contribution in [3.05, 3.63) is 29.7 Å². The number of rotatable bonds is 2. The topological polar surface area (TPSA) is 98.7 Å². The van der Waals surface area contributed by atoms with Crippen LogP contribution < -0.4 is 11.1 Å². The second-order valence-corrected chi connectivity index (χ2v) is 3.86. The van der Waals surface area contributed by atoms with Crippen molar-refractivity contribution in [2.24, 2.45) is 5.73 Å². The number of pyridine rings is 1. The Bertz CT molecular complexity index is 651. The molecule has 0 bridgehead atoms. The fraction of sp³-hybridized carbons (Fsp3) is 0.200. The van der Waals surface area contributed by atoms with Crippen LogP contribution in [-0.4, -0.2) is 26.0 Å². The fourth-order valence-corrected chi connectivity index (χ4v) is 1.48. The van der Waals surface area contributed by atoms with Gasteiger partial charge in [0.15, 0.2) is 5.82 Å². The van der Waals surface area contributed by atoms with Gasteiger partial charge in [-0.1, -0.05) is 0 Å². The molecule has 0 aliphatic carbocycles. The molecule has 2 aromatic heterocycles. The Labute approximate surface area is 110 Å². The lowest BCUT2D eigenvalue weighted by molar-refractivity contribution is -0.137. The van der Waals surface area contributed by atoms with Gasteiger partial charge in [-0.3, -0.25) is 0 Å². The van der Waals surface area contributed by atoms with Gasteiger partial charge in [0, 0.05) is 0 Å². The number of halogens is 3. The van der Waals surface area contributed by atoms with Crippen molar-refractivity contribution in [3.63, 3.8) is 0 Å². The zero-order valence-corrected chi connectivity index (χ0v) is 10.1. The number of hydrogen-bond donors (Lipinski definition) is 2. The van der Waals surface area contributed by atoms with E-state index in [9.17, 15) is 18.0 Å². The van der Waals surface area contributed by atoms with Crippen molar-refractivity contribution < 1.29 is 18.0 Å². The quantitative estimate of drug-likeness (QED) is 0.873. The van der Waals surface area contributed by atoms with Crippen molar-refractivity contribution >= 4 is 11.7 Å². The molecule has 2 amide bonds. The maximum absolute atomic E-state index is 13.0. The van der Waals surface area contributed by atoms with Crippen molar-refractivity contribution in [3.8, 4) is 5.82 Å². The van der Waals surface area contributed by atoms with Crippen LogP contribution >= 0.6 is 0 Å². The van der Waals surface area contributed by atoms with Crippen LogP contribution in [0.15, 0.2) is 18.5 Å². The highest BCUT2D eigenvalue weighted by Gasteiger charge is 2.36. The predicted octanol–water partition coefficient (Wildman–Crippen LogP) is 1.48. The third-order valence-electron chi connectivity index (χ3n) is 2.24. The summed E-state index contributed by atoms with van der Waals surface area (Å²) >= 11 is 0. The SMILES string of the molecule is Cc1cnn(-c2ncc(NC(N)=O)cc2C(F)(F)F)n1. The molecule has 0 saturated heterocycles. The van der Waals surface area contributed by atoms with E-state index < -0.39 is 23.6 Å². The van der Waals surface area contributed by atoms with Crippen LogP contribution in [0, 0.1) is 6.92 Å². The summed E-state index contributed by atoms with van der Waals surface area (Å²) in [4.78, 5) is 15.1. The van der Waals surface area contributed by atoms with Crippen LogP contribution in [0.3, 0.4) is 0 Å². The standard InChI is InChI=1S/C10H9F3N6O/c1-5-3-16-19(18-5)8-7(10(11,12)13)2-6(4-15-8)17-9(14)20/h2-4H,1H3,(H3,14,17,20). The minimum Gasteiger partial charge on any atom is -0.351 e. The van der Waals surface area contributed by atoms with Crippen LogP contribution in [0.5, 0.6) is 0 Å². The number of hydrogen-bond acceptors (Lipinski definition) is 4. The summed E-state index contributed by atoms with van der Waals surface area (Å²) in [5, 5.41) is 9.49. The third kappa shape index (κ3) is 2.84. The highest BCUT2D eigenvalue weighted by atomic mass is 19.4. The number of anilines is 1. The first-order chi connectivity index (χ1) is 9.27. The molecule has 2 heterocycles. The molecule has 2 aromatic rings. The van der Waals surface area contributed by atoms with Gasteiger partial charge in [0.1, 0.15) is 5.56 Å². The zero-order valence-electron chi connectivity index (χ0n) is 10.1. The molecule has 3 N–H and O–H groups in total. The first-order valence-corrected chi connectivity index (χ1v) is 5.30. The predicted molar refractivity (Wildman–Crippen MR) is 62.1 cm³/mol. The van der Waals surface area contributed by atoms with Gasteiger partial charge in [-0.05, 0) is 13.0 Å². The molecule has 0 atom stereocenters. The lowest BCUT2D eigenvalue weighted by atomic mass is 10.2. The Hall–Kier alpha value is -2.65. The monoisotopic (exact) mass is 286 g/mol. The minimum atomic E-state index is -4.68. The molecule has 0 aromatic carbocycles. The molecule has 0 fully saturated rings. The average molecular weight is 286 g/mol. The van der Waals surface area contributed by atoms with Gasteiger partial charge < -0.3 is 11.1 Å². The number of urea groups is 1. The van der Waals surface area contributed by atoms with Gasteiger partial charge in [-0.2, -0.15) is 23.4 Å². The van der Waals surface area contributed by atoms with Gasteiger partial charge in [0.25, 0.3) is 0 Å². The normalized spacial score (nSPS) is 11.4. The summed E-state index contributed by atoms with van der Waals surface area (Å²) in [6.45, 7) is 1.58. The largest absolute Gasteiger partial charge is 0.420 e. The smallest absolute Gasteiger partial charge is 0.351 e. The molecule has 7 nitrogen and oxygen atoms in total. The number of carbonyl (C=O) groups excluding carboxylic acids is 1. The Morgan fingerprint density at radius 3 is 2.60 bits per heavy atom. The maximum atomic E-state index is 13.0. The summed E-state index contributed by atoms with van der Waals surface area (Å²) in [6.07, 6.45) is -2.34. The van der Waals surface area contributed by atoms with Gasteiger partial charge in [-0.15, -0.1) is 4.80 Å². The molecule has 0 aliphatic heterocycles. The number of carbonyl (C=O) groups is 1. The summed E-state index contributed by atoms with van der Waals surface area (Å²) in [7, 11) is 0. The number of aryl methyl sites for hydroxylation is 1. The molecule has 0 radical (unpaired) electrons. The second-order valence-electron chi connectivity index (χ2n) is 3.86. The molecular formula is C10H9F3N6O. The Balaban J connectivity index is 2.54. The average Bonchev–Trinajstić information content (AvgIpc) is 2.74. The van der Waals surface area contributed by atoms with Gasteiger partial charge in [0.05, 0.1) is 23.8 Å². The molecule has 2 rings (SSSR count). The fourth-order valence-electron chi connectivity index (χ4n) is 1.48. The Kier molecular flexibility index (Phi) is 3.30. The highest BCUT2D eigenvalue weighted by molar-refractivity contribution is 5.87. The zero-order chi connectivity index (χ0) is 14.9. The van der Waals surface area contributed by atoms with E-state index in [1.165, 1.54) is 6.20 Å². The number of aromatic nitrogens is 4. The number of amides is 2. The van der Waals surface area contributed by atoms with Gasteiger partial charge in [0.2, 0.25) is 0 Å². The lowest BCUT2D eigenvalue weighted by Crippen LogP contribution is -2.21. The van der Waals surface area contributed by atoms with Crippen LogP contribution in [0.4, 0.5) is 23.7 Å². The molecule has 0 spiro atoms. The summed E-state index contributed by atoms with van der Waals surface area (Å²) < 4.78 is 39.0. The third-order valence-corrected chi connectivity index (χ3v) is 2.24. The van der Waals surface area contributed by atoms with Crippen LogP contribution in [0.1, 0.15) is 11.3 Å². The Morgan fingerprint density at radius 2 is 2.10 bits per heavy atom. The molecule has 0 unspecified atom stereocenters. The number of nitrogens with one attached hydrogen (secondary N) is 1. The van der Waals surface area contributed by atoms with E-state index in [4.69, 9.17) is 5.73 Å². The van der Waals surface area contributed by atoms with E-state index in [1.807, 2.05) is 5.32 Å². The lowest BCUT2D eigenvalue weighted by Gasteiger charge is -2.12.